The highest BCUT2D eigenvalue weighted by molar-refractivity contribution is 8.16. The third kappa shape index (κ3) is 4.82. The number of allylic oxidation sites excluding steroid dienone is 1. The predicted octanol–water partition coefficient (Wildman–Crippen LogP) is 4.93. The smallest absolute Gasteiger partial charge is 0.338 e. The van der Waals surface area contributed by atoms with Crippen LogP contribution >= 0.6 is 23.4 Å². The topological polar surface area (TPSA) is 71.0 Å². The average molecular weight is 486 g/mol. The van der Waals surface area contributed by atoms with Crippen molar-refractivity contribution in [3.63, 3.8) is 0 Å². The molecule has 170 valence electrons. The molecule has 0 saturated carbocycles. The first-order valence-corrected chi connectivity index (χ1v) is 11.4. The van der Waals surface area contributed by atoms with Gasteiger partial charge in [-0.05, 0) is 36.1 Å². The van der Waals surface area contributed by atoms with Crippen LogP contribution in [-0.2, 0) is 20.9 Å². The first-order valence-electron chi connectivity index (χ1n) is 10.2. The number of amidine groups is 1. The van der Waals surface area contributed by atoms with Crippen molar-refractivity contribution in [2.75, 3.05) is 7.11 Å². The van der Waals surface area contributed by atoms with E-state index in [1.807, 2.05) is 16.4 Å². The van der Waals surface area contributed by atoms with Crippen molar-refractivity contribution in [1.82, 2.24) is 10.2 Å². The standard InChI is InChI=1S/C24H21ClFN3O3S/c1-14-21(23(31)32-2)22(15-7-5-8-17(25)10-15)29-18(13-33-24(29)28-14)11-20(30)27-12-16-6-3-4-9-19(16)26/h3-10,13,22H,11-12H2,1-2H3,(H,27,30)/t22-/m1/s1. The largest absolute Gasteiger partial charge is 0.466 e. The molecule has 2 aromatic carbocycles. The fourth-order valence-electron chi connectivity index (χ4n) is 3.80. The minimum atomic E-state index is -0.552. The molecule has 0 spiro atoms. The molecule has 0 fully saturated rings. The van der Waals surface area contributed by atoms with Crippen LogP contribution in [-0.4, -0.2) is 29.1 Å². The molecule has 0 bridgehead atoms. The Morgan fingerprint density at radius 1 is 1.24 bits per heavy atom. The number of esters is 1. The van der Waals surface area contributed by atoms with Gasteiger partial charge in [-0.2, -0.15) is 0 Å². The lowest BCUT2D eigenvalue weighted by Gasteiger charge is -2.36. The van der Waals surface area contributed by atoms with E-state index in [2.05, 4.69) is 10.3 Å². The molecule has 0 aliphatic carbocycles. The van der Waals surface area contributed by atoms with E-state index in [9.17, 15) is 14.0 Å². The second-order valence-corrected chi connectivity index (χ2v) is 8.76. The van der Waals surface area contributed by atoms with Crippen molar-refractivity contribution >= 4 is 40.4 Å². The van der Waals surface area contributed by atoms with Gasteiger partial charge in [0.25, 0.3) is 0 Å². The normalized spacial score (nSPS) is 17.3. The van der Waals surface area contributed by atoms with E-state index in [1.54, 1.807) is 43.3 Å². The average Bonchev–Trinajstić information content (AvgIpc) is 3.18. The van der Waals surface area contributed by atoms with Crippen LogP contribution in [0, 0.1) is 5.82 Å². The van der Waals surface area contributed by atoms with Gasteiger partial charge >= 0.3 is 5.97 Å². The van der Waals surface area contributed by atoms with Crippen LogP contribution in [0.1, 0.15) is 30.5 Å². The molecule has 0 saturated heterocycles. The Kier molecular flexibility index (Phi) is 6.85. The Balaban J connectivity index is 1.60. The van der Waals surface area contributed by atoms with Crippen molar-refractivity contribution in [3.05, 3.63) is 92.9 Å². The summed E-state index contributed by atoms with van der Waals surface area (Å²) < 4.78 is 18.9. The maximum Gasteiger partial charge on any atom is 0.338 e. The summed E-state index contributed by atoms with van der Waals surface area (Å²) in [6.07, 6.45) is 0.0328. The maximum atomic E-state index is 13.9. The van der Waals surface area contributed by atoms with Crippen molar-refractivity contribution in [2.24, 2.45) is 4.99 Å². The molecular formula is C24H21ClFN3O3S. The second-order valence-electron chi connectivity index (χ2n) is 7.48. The number of nitrogens with one attached hydrogen (secondary N) is 1. The lowest BCUT2D eigenvalue weighted by atomic mass is 9.94. The molecule has 2 aliphatic rings. The van der Waals surface area contributed by atoms with Crippen LogP contribution < -0.4 is 5.32 Å². The molecule has 4 rings (SSSR count). The van der Waals surface area contributed by atoms with E-state index in [0.29, 0.717) is 32.7 Å². The fourth-order valence-corrected chi connectivity index (χ4v) is 4.96. The highest BCUT2D eigenvalue weighted by atomic mass is 35.5. The first-order chi connectivity index (χ1) is 15.9. The number of carbonyl (C=O) groups is 2. The molecule has 33 heavy (non-hydrogen) atoms. The Morgan fingerprint density at radius 3 is 2.76 bits per heavy atom. The molecule has 0 unspecified atom stereocenters. The molecular weight excluding hydrogens is 465 g/mol. The lowest BCUT2D eigenvalue weighted by Crippen LogP contribution is -2.37. The number of hydrogen-bond acceptors (Lipinski definition) is 6. The number of thioether (sulfide) groups is 1. The van der Waals surface area contributed by atoms with Crippen molar-refractivity contribution in [1.29, 1.82) is 0 Å². The second kappa shape index (κ2) is 9.80. The van der Waals surface area contributed by atoms with Crippen LogP contribution in [0.4, 0.5) is 4.39 Å². The summed E-state index contributed by atoms with van der Waals surface area (Å²) in [5.41, 5.74) is 2.77. The van der Waals surface area contributed by atoms with E-state index in [1.165, 1.54) is 24.9 Å². The highest BCUT2D eigenvalue weighted by Gasteiger charge is 2.41. The van der Waals surface area contributed by atoms with Gasteiger partial charge in [0.15, 0.2) is 5.17 Å². The van der Waals surface area contributed by atoms with Gasteiger partial charge in [-0.15, -0.1) is 0 Å². The zero-order valence-corrected chi connectivity index (χ0v) is 19.5. The zero-order valence-electron chi connectivity index (χ0n) is 18.0. The highest BCUT2D eigenvalue weighted by Crippen LogP contribution is 2.45. The lowest BCUT2D eigenvalue weighted by molar-refractivity contribution is -0.136. The molecule has 1 atom stereocenters. The van der Waals surface area contributed by atoms with Crippen molar-refractivity contribution in [3.8, 4) is 0 Å². The van der Waals surface area contributed by atoms with Gasteiger partial charge in [-0.25, -0.2) is 14.2 Å². The van der Waals surface area contributed by atoms with E-state index in [4.69, 9.17) is 16.3 Å². The summed E-state index contributed by atoms with van der Waals surface area (Å²) in [7, 11) is 1.32. The predicted molar refractivity (Wildman–Crippen MR) is 127 cm³/mol. The summed E-state index contributed by atoms with van der Waals surface area (Å²) in [6, 6.07) is 13.0. The number of ether oxygens (including phenoxy) is 1. The number of aliphatic imine (C=N–C) groups is 1. The first kappa shape index (κ1) is 23.1. The molecule has 9 heteroatoms. The number of carbonyl (C=O) groups excluding carboxylic acids is 2. The van der Waals surface area contributed by atoms with E-state index >= 15 is 0 Å². The number of fused-ring (bicyclic) bond motifs is 1. The Bertz CT molecular complexity index is 1210. The van der Waals surface area contributed by atoms with E-state index < -0.39 is 12.0 Å². The summed E-state index contributed by atoms with van der Waals surface area (Å²) in [5.74, 6) is -1.15. The molecule has 1 amide bonds. The van der Waals surface area contributed by atoms with Gasteiger partial charge in [0.05, 0.1) is 30.8 Å². The Labute approximate surface area is 200 Å². The number of hydrogen-bond donors (Lipinski definition) is 1. The fraction of sp³-hybridized carbons (Fsp3) is 0.208. The number of nitrogens with zero attached hydrogens (tertiary/aromatic N) is 2. The van der Waals surface area contributed by atoms with Crippen molar-refractivity contribution in [2.45, 2.75) is 25.9 Å². The third-order valence-electron chi connectivity index (χ3n) is 5.35. The van der Waals surface area contributed by atoms with Crippen LogP contribution in [0.5, 0.6) is 0 Å². The molecule has 0 aromatic heterocycles. The molecule has 2 heterocycles. The molecule has 2 aliphatic heterocycles. The number of methoxy groups -OCH3 is 1. The summed E-state index contributed by atoms with van der Waals surface area (Å²) in [6.45, 7) is 1.84. The minimum absolute atomic E-state index is 0.0328. The SMILES string of the molecule is COC(=O)C1=C(C)N=C2SC=C(CC(=O)NCc3ccccc3F)N2[C@@H]1c1cccc(Cl)c1. The van der Waals surface area contributed by atoms with Gasteiger partial charge in [-0.1, -0.05) is 53.7 Å². The van der Waals surface area contributed by atoms with Crippen LogP contribution in [0.3, 0.4) is 0 Å². The van der Waals surface area contributed by atoms with Crippen LogP contribution in [0.15, 0.2) is 75.9 Å². The minimum Gasteiger partial charge on any atom is -0.466 e. The summed E-state index contributed by atoms with van der Waals surface area (Å²) in [4.78, 5) is 31.9. The molecule has 0 radical (unpaired) electrons. The molecule has 6 nitrogen and oxygen atoms in total. The van der Waals surface area contributed by atoms with Gasteiger partial charge in [0.2, 0.25) is 5.91 Å². The van der Waals surface area contributed by atoms with Crippen LogP contribution in [0.25, 0.3) is 0 Å². The van der Waals surface area contributed by atoms with Gasteiger partial charge in [0.1, 0.15) is 5.82 Å². The van der Waals surface area contributed by atoms with E-state index in [-0.39, 0.29) is 24.7 Å². The quantitative estimate of drug-likeness (QED) is 0.587. The van der Waals surface area contributed by atoms with Crippen molar-refractivity contribution < 1.29 is 18.7 Å². The van der Waals surface area contributed by atoms with Gasteiger partial charge in [-0.3, -0.25) is 4.79 Å². The summed E-state index contributed by atoms with van der Waals surface area (Å²) in [5, 5.41) is 5.78. The van der Waals surface area contributed by atoms with E-state index in [0.717, 1.165) is 5.56 Å². The molecule has 2 aromatic rings. The zero-order chi connectivity index (χ0) is 23.5. The van der Waals surface area contributed by atoms with Gasteiger partial charge in [0, 0.05) is 22.8 Å². The molecule has 1 N–H and O–H groups in total. The Morgan fingerprint density at radius 2 is 2.03 bits per heavy atom. The third-order valence-corrected chi connectivity index (χ3v) is 6.47. The monoisotopic (exact) mass is 485 g/mol. The summed E-state index contributed by atoms with van der Waals surface area (Å²) >= 11 is 7.62. The number of benzene rings is 2. The Hall–Kier alpha value is -3.10. The van der Waals surface area contributed by atoms with Gasteiger partial charge < -0.3 is 15.0 Å². The maximum absolute atomic E-state index is 13.9. The van der Waals surface area contributed by atoms with Crippen LogP contribution in [0.2, 0.25) is 5.02 Å². The number of amides is 1. The number of rotatable bonds is 6. The number of halogens is 2.